The first-order valence-corrected chi connectivity index (χ1v) is 9.21. The number of hydrogen-bond donors (Lipinski definition) is 2. The van der Waals surface area contributed by atoms with E-state index in [0.717, 1.165) is 11.3 Å². The number of nitrogens with one attached hydrogen (secondary N) is 1. The summed E-state index contributed by atoms with van der Waals surface area (Å²) in [6.07, 6.45) is 0.924. The Kier molecular flexibility index (Phi) is 5.16. The molecular weight excluding hydrogens is 351 g/mol. The van der Waals surface area contributed by atoms with Gasteiger partial charge in [0.1, 0.15) is 4.90 Å². The molecule has 21 heavy (non-hydrogen) atoms. The van der Waals surface area contributed by atoms with Gasteiger partial charge in [-0.1, -0.05) is 30.1 Å². The molecule has 0 amide bonds. The lowest BCUT2D eigenvalue weighted by Crippen LogP contribution is -2.23. The highest BCUT2D eigenvalue weighted by molar-refractivity contribution is 7.89. The number of thiophene rings is 1. The Morgan fingerprint density at radius 1 is 1.19 bits per heavy atom. The number of sulfonamides is 1. The summed E-state index contributed by atoms with van der Waals surface area (Å²) in [6.45, 7) is 2.25. The van der Waals surface area contributed by atoms with Gasteiger partial charge in [0.25, 0.3) is 0 Å². The average Bonchev–Trinajstić information content (AvgIpc) is 2.82. The molecule has 8 heteroatoms. The van der Waals surface area contributed by atoms with E-state index in [1.807, 2.05) is 19.1 Å². The number of rotatable bonds is 5. The Bertz CT molecular complexity index is 734. The predicted octanol–water partition coefficient (Wildman–Crippen LogP) is 3.68. The van der Waals surface area contributed by atoms with Crippen LogP contribution in [0.25, 0.3) is 0 Å². The minimum Gasteiger partial charge on any atom is -0.399 e. The molecule has 2 rings (SSSR count). The first-order valence-electron chi connectivity index (χ1n) is 6.15. The van der Waals surface area contributed by atoms with Gasteiger partial charge in [-0.25, -0.2) is 13.1 Å². The summed E-state index contributed by atoms with van der Waals surface area (Å²) in [5, 5.41) is 0.0147. The van der Waals surface area contributed by atoms with Gasteiger partial charge in [-0.15, -0.1) is 11.3 Å². The number of nitrogens with two attached hydrogens (primary N) is 1. The van der Waals surface area contributed by atoms with E-state index in [0.29, 0.717) is 5.69 Å². The van der Waals surface area contributed by atoms with Crippen molar-refractivity contribution in [1.29, 1.82) is 0 Å². The van der Waals surface area contributed by atoms with Gasteiger partial charge in [0.05, 0.1) is 10.0 Å². The van der Waals surface area contributed by atoms with Gasteiger partial charge in [0, 0.05) is 22.0 Å². The predicted molar refractivity (Wildman–Crippen MR) is 88.6 cm³/mol. The van der Waals surface area contributed by atoms with Gasteiger partial charge in [-0.3, -0.25) is 0 Å². The average molecular weight is 365 g/mol. The maximum Gasteiger partial charge on any atom is 0.243 e. The Hall–Kier alpha value is -0.790. The highest BCUT2D eigenvalue weighted by atomic mass is 35.5. The second-order valence-corrected chi connectivity index (χ2v) is 8.13. The van der Waals surface area contributed by atoms with Gasteiger partial charge >= 0.3 is 0 Å². The molecule has 0 aliphatic heterocycles. The van der Waals surface area contributed by atoms with Crippen molar-refractivity contribution in [3.8, 4) is 0 Å². The Morgan fingerprint density at radius 2 is 1.76 bits per heavy atom. The van der Waals surface area contributed by atoms with E-state index in [-0.39, 0.29) is 21.5 Å². The second-order valence-electron chi connectivity index (χ2n) is 4.36. The molecule has 0 aliphatic carbocycles. The number of halogens is 2. The van der Waals surface area contributed by atoms with Crippen molar-refractivity contribution < 1.29 is 8.42 Å². The summed E-state index contributed by atoms with van der Waals surface area (Å²) in [6, 6.07) is 6.61. The molecule has 3 N–H and O–H groups in total. The van der Waals surface area contributed by atoms with Crippen LogP contribution in [-0.2, 0) is 23.0 Å². The summed E-state index contributed by atoms with van der Waals surface area (Å²) in [4.78, 5) is 1.98. The minimum atomic E-state index is -3.80. The Morgan fingerprint density at radius 3 is 2.29 bits per heavy atom. The van der Waals surface area contributed by atoms with E-state index >= 15 is 0 Å². The van der Waals surface area contributed by atoms with E-state index in [2.05, 4.69) is 4.72 Å². The topological polar surface area (TPSA) is 72.2 Å². The van der Waals surface area contributed by atoms with Crippen LogP contribution in [0.4, 0.5) is 5.69 Å². The lowest BCUT2D eigenvalue weighted by Gasteiger charge is -2.10. The van der Waals surface area contributed by atoms with Crippen LogP contribution in [0.1, 0.15) is 16.7 Å². The monoisotopic (exact) mass is 364 g/mol. The Balaban J connectivity index is 2.23. The number of hydrogen-bond acceptors (Lipinski definition) is 4. The molecule has 0 spiro atoms. The SMILES string of the molecule is CCc1ccc(CNS(=O)(=O)c2c(Cl)cc(N)cc2Cl)s1. The fourth-order valence-corrected chi connectivity index (χ4v) is 5.01. The summed E-state index contributed by atoms with van der Waals surface area (Å²) in [5.41, 5.74) is 5.89. The molecule has 0 aliphatic rings. The molecule has 4 nitrogen and oxygen atoms in total. The molecule has 0 fully saturated rings. The van der Waals surface area contributed by atoms with Crippen LogP contribution in [0.2, 0.25) is 10.0 Å². The number of aryl methyl sites for hydroxylation is 1. The summed E-state index contributed by atoms with van der Waals surface area (Å²) >= 11 is 13.5. The van der Waals surface area contributed by atoms with Crippen molar-refractivity contribution in [3.05, 3.63) is 44.1 Å². The van der Waals surface area contributed by atoms with E-state index < -0.39 is 10.0 Å². The van der Waals surface area contributed by atoms with Crippen LogP contribution in [-0.4, -0.2) is 8.42 Å². The molecule has 1 aromatic heterocycles. The van der Waals surface area contributed by atoms with Gasteiger partial charge in [0.15, 0.2) is 0 Å². The number of nitrogen functional groups attached to an aromatic ring is 1. The maximum atomic E-state index is 12.3. The van der Waals surface area contributed by atoms with Crippen LogP contribution in [0.15, 0.2) is 29.2 Å². The molecule has 0 bridgehead atoms. The van der Waals surface area contributed by atoms with Crippen LogP contribution in [0.5, 0.6) is 0 Å². The standard InChI is InChI=1S/C13H14Cl2N2O2S2/c1-2-9-3-4-10(20-9)7-17-21(18,19)13-11(14)5-8(16)6-12(13)15/h3-6,17H,2,7,16H2,1H3. The third kappa shape index (κ3) is 3.90. The molecule has 0 saturated carbocycles. The van der Waals surface area contributed by atoms with Crippen LogP contribution in [0, 0.1) is 0 Å². The summed E-state index contributed by atoms with van der Waals surface area (Å²) in [7, 11) is -3.80. The van der Waals surface area contributed by atoms with Crippen LogP contribution in [0.3, 0.4) is 0 Å². The first kappa shape index (κ1) is 16.6. The summed E-state index contributed by atoms with van der Waals surface area (Å²) in [5.74, 6) is 0. The highest BCUT2D eigenvalue weighted by Crippen LogP contribution is 2.31. The third-order valence-corrected chi connectivity index (χ3v) is 6.34. The van der Waals surface area contributed by atoms with Gasteiger partial charge in [-0.05, 0) is 30.7 Å². The number of benzene rings is 1. The van der Waals surface area contributed by atoms with Crippen molar-refractivity contribution in [2.24, 2.45) is 0 Å². The zero-order valence-electron chi connectivity index (χ0n) is 11.2. The zero-order valence-corrected chi connectivity index (χ0v) is 14.3. The molecular formula is C13H14Cl2N2O2S2. The quantitative estimate of drug-likeness (QED) is 0.794. The fraction of sp³-hybridized carbons (Fsp3) is 0.231. The largest absolute Gasteiger partial charge is 0.399 e. The van der Waals surface area contributed by atoms with Gasteiger partial charge in [-0.2, -0.15) is 0 Å². The molecule has 0 atom stereocenters. The molecule has 114 valence electrons. The number of anilines is 1. The van der Waals surface area contributed by atoms with Crippen molar-refractivity contribution in [3.63, 3.8) is 0 Å². The molecule has 0 unspecified atom stereocenters. The molecule has 0 radical (unpaired) electrons. The lowest BCUT2D eigenvalue weighted by atomic mass is 10.3. The highest BCUT2D eigenvalue weighted by Gasteiger charge is 2.22. The van der Waals surface area contributed by atoms with Gasteiger partial charge in [0.2, 0.25) is 10.0 Å². The van der Waals surface area contributed by atoms with Crippen molar-refractivity contribution in [2.75, 3.05) is 5.73 Å². The van der Waals surface area contributed by atoms with Crippen molar-refractivity contribution in [1.82, 2.24) is 4.72 Å². The maximum absolute atomic E-state index is 12.3. The second kappa shape index (κ2) is 6.54. The van der Waals surface area contributed by atoms with E-state index in [1.54, 1.807) is 11.3 Å². The van der Waals surface area contributed by atoms with Crippen LogP contribution >= 0.6 is 34.5 Å². The van der Waals surface area contributed by atoms with Gasteiger partial charge < -0.3 is 5.73 Å². The fourth-order valence-electron chi connectivity index (χ4n) is 1.78. The molecule has 0 saturated heterocycles. The molecule has 1 aromatic carbocycles. The van der Waals surface area contributed by atoms with Crippen molar-refractivity contribution in [2.45, 2.75) is 24.8 Å². The zero-order chi connectivity index (χ0) is 15.6. The van der Waals surface area contributed by atoms with Crippen LogP contribution < -0.4 is 10.5 Å². The first-order chi connectivity index (χ1) is 9.83. The van der Waals surface area contributed by atoms with E-state index in [4.69, 9.17) is 28.9 Å². The van der Waals surface area contributed by atoms with Crippen molar-refractivity contribution >= 4 is 50.2 Å². The lowest BCUT2D eigenvalue weighted by molar-refractivity contribution is 0.582. The Labute approximate surface area is 137 Å². The van der Waals surface area contributed by atoms with E-state index in [1.165, 1.54) is 17.0 Å². The minimum absolute atomic E-state index is 0.00734. The third-order valence-electron chi connectivity index (χ3n) is 2.79. The molecule has 1 heterocycles. The smallest absolute Gasteiger partial charge is 0.243 e. The molecule has 2 aromatic rings. The normalized spacial score (nSPS) is 11.8. The van der Waals surface area contributed by atoms with E-state index in [9.17, 15) is 8.42 Å². The summed E-state index contributed by atoms with van der Waals surface area (Å²) < 4.78 is 27.1.